The van der Waals surface area contributed by atoms with Gasteiger partial charge < -0.3 is 5.73 Å². The molecule has 2 amide bonds. The van der Waals surface area contributed by atoms with Crippen molar-refractivity contribution in [2.45, 2.75) is 6.92 Å². The van der Waals surface area contributed by atoms with Crippen LogP contribution in [0.5, 0.6) is 0 Å². The normalized spacial score (nSPS) is 19.6. The first-order chi connectivity index (χ1) is 5.70. The number of nitrogens with zero attached hydrogens (tertiary/aromatic N) is 1. The van der Waals surface area contributed by atoms with Gasteiger partial charge in [0.25, 0.3) is 0 Å². The van der Waals surface area contributed by atoms with Crippen LogP contribution in [0.3, 0.4) is 0 Å². The zero-order valence-electron chi connectivity index (χ0n) is 6.74. The van der Waals surface area contributed by atoms with E-state index in [1.807, 2.05) is 25.7 Å². The molecule has 0 saturated heterocycles. The maximum atomic E-state index is 10.3. The molecule has 4 nitrogen and oxygen atoms in total. The fraction of sp³-hybridized carbons (Fsp3) is 0.125. The van der Waals surface area contributed by atoms with E-state index in [1.54, 1.807) is 6.92 Å². The van der Waals surface area contributed by atoms with Gasteiger partial charge in [0, 0.05) is 11.6 Å². The van der Waals surface area contributed by atoms with Crippen LogP contribution in [0.25, 0.3) is 0 Å². The first-order valence-corrected chi connectivity index (χ1v) is 3.52. The molecule has 0 aliphatic heterocycles. The molecule has 63 valence electrons. The number of hydrazone groups is 1. The van der Waals surface area contributed by atoms with E-state index in [2.05, 4.69) is 10.5 Å². The summed E-state index contributed by atoms with van der Waals surface area (Å²) in [6.45, 7) is 1.80. The van der Waals surface area contributed by atoms with Crippen molar-refractivity contribution < 1.29 is 4.79 Å². The van der Waals surface area contributed by atoms with Gasteiger partial charge in [0.1, 0.15) is 0 Å². The van der Waals surface area contributed by atoms with Crippen molar-refractivity contribution in [3.63, 3.8) is 0 Å². The second-order valence-electron chi connectivity index (χ2n) is 2.35. The molecule has 1 aliphatic carbocycles. The predicted octanol–water partition coefficient (Wildman–Crippen LogP) is 0.436. The SMILES string of the molecule is C/C(=N/NC(N)=O)[C]1[CH][CH][CH][CH]1. The third kappa shape index (κ3) is 2.53. The topological polar surface area (TPSA) is 67.5 Å². The first-order valence-electron chi connectivity index (χ1n) is 3.52. The van der Waals surface area contributed by atoms with Gasteiger partial charge in [0.2, 0.25) is 0 Å². The molecular weight excluding hydrogens is 154 g/mol. The van der Waals surface area contributed by atoms with Crippen molar-refractivity contribution in [1.29, 1.82) is 0 Å². The summed E-state index contributed by atoms with van der Waals surface area (Å²) in [5.74, 6) is 0.976. The zero-order chi connectivity index (χ0) is 8.97. The molecule has 5 radical (unpaired) electrons. The minimum atomic E-state index is -0.652. The Bertz CT molecular complexity index is 194. The van der Waals surface area contributed by atoms with Crippen LogP contribution in [0, 0.1) is 31.6 Å². The summed E-state index contributed by atoms with van der Waals surface area (Å²) in [4.78, 5) is 10.3. The van der Waals surface area contributed by atoms with Gasteiger partial charge in [0.05, 0.1) is 0 Å². The molecule has 1 fully saturated rings. The largest absolute Gasteiger partial charge is 0.350 e. The average molecular weight is 164 g/mol. The number of amides is 2. The molecule has 4 heteroatoms. The van der Waals surface area contributed by atoms with E-state index in [0.29, 0.717) is 0 Å². The Kier molecular flexibility index (Phi) is 3.08. The monoisotopic (exact) mass is 164 g/mol. The van der Waals surface area contributed by atoms with Crippen molar-refractivity contribution in [2.75, 3.05) is 0 Å². The van der Waals surface area contributed by atoms with Gasteiger partial charge >= 0.3 is 6.03 Å². The van der Waals surface area contributed by atoms with Crippen molar-refractivity contribution in [2.24, 2.45) is 10.8 Å². The number of hydrogen-bond acceptors (Lipinski definition) is 2. The number of nitrogens with two attached hydrogens (primary N) is 1. The van der Waals surface area contributed by atoms with Crippen LogP contribution in [0.1, 0.15) is 6.92 Å². The number of rotatable bonds is 2. The Hall–Kier alpha value is -1.06. The van der Waals surface area contributed by atoms with Gasteiger partial charge in [0.15, 0.2) is 0 Å². The second-order valence-corrected chi connectivity index (χ2v) is 2.35. The van der Waals surface area contributed by atoms with Crippen molar-refractivity contribution >= 4 is 11.7 Å². The predicted molar refractivity (Wildman–Crippen MR) is 46.3 cm³/mol. The van der Waals surface area contributed by atoms with Crippen LogP contribution in [0.15, 0.2) is 5.10 Å². The van der Waals surface area contributed by atoms with E-state index >= 15 is 0 Å². The Morgan fingerprint density at radius 3 is 2.58 bits per heavy atom. The van der Waals surface area contributed by atoms with Crippen molar-refractivity contribution in [3.05, 3.63) is 31.6 Å². The van der Waals surface area contributed by atoms with Crippen LogP contribution in [0.2, 0.25) is 0 Å². The highest BCUT2D eigenvalue weighted by atomic mass is 16.2. The van der Waals surface area contributed by atoms with Crippen LogP contribution in [-0.2, 0) is 0 Å². The lowest BCUT2D eigenvalue weighted by Gasteiger charge is -2.05. The number of hydrogen-bond donors (Lipinski definition) is 2. The number of primary amides is 1. The Labute approximate surface area is 72.2 Å². The average Bonchev–Trinajstić information content (AvgIpc) is 2.51. The molecule has 0 aromatic carbocycles. The lowest BCUT2D eigenvalue weighted by atomic mass is 10.0. The molecule has 0 aromatic heterocycles. The number of nitrogens with one attached hydrogen (secondary N) is 1. The van der Waals surface area contributed by atoms with Crippen molar-refractivity contribution in [1.82, 2.24) is 5.43 Å². The molecule has 1 rings (SSSR count). The minimum Gasteiger partial charge on any atom is -0.350 e. The van der Waals surface area contributed by atoms with Gasteiger partial charge in [-0.1, -0.05) is 0 Å². The molecule has 0 spiro atoms. The highest BCUT2D eigenvalue weighted by Gasteiger charge is 2.19. The maximum absolute atomic E-state index is 10.3. The zero-order valence-corrected chi connectivity index (χ0v) is 6.74. The lowest BCUT2D eigenvalue weighted by molar-refractivity contribution is 0.249. The Morgan fingerprint density at radius 2 is 2.08 bits per heavy atom. The van der Waals surface area contributed by atoms with E-state index in [0.717, 1.165) is 11.6 Å². The van der Waals surface area contributed by atoms with Crippen LogP contribution in [0.4, 0.5) is 4.79 Å². The van der Waals surface area contributed by atoms with Gasteiger partial charge in [-0.2, -0.15) is 5.10 Å². The molecule has 12 heavy (non-hydrogen) atoms. The van der Waals surface area contributed by atoms with E-state index in [9.17, 15) is 4.79 Å². The highest BCUT2D eigenvalue weighted by Crippen LogP contribution is 2.23. The molecule has 0 heterocycles. The summed E-state index contributed by atoms with van der Waals surface area (Å²) in [5, 5.41) is 3.76. The van der Waals surface area contributed by atoms with Crippen LogP contribution >= 0.6 is 0 Å². The number of carbonyl (C=O) groups is 1. The summed E-state index contributed by atoms with van der Waals surface area (Å²) < 4.78 is 0. The van der Waals surface area contributed by atoms with Crippen molar-refractivity contribution in [3.8, 4) is 0 Å². The maximum Gasteiger partial charge on any atom is 0.332 e. The summed E-state index contributed by atoms with van der Waals surface area (Å²) in [6.07, 6.45) is 7.61. The van der Waals surface area contributed by atoms with E-state index in [4.69, 9.17) is 5.73 Å². The summed E-state index contributed by atoms with van der Waals surface area (Å²) in [6, 6.07) is -0.652. The molecule has 3 N–H and O–H groups in total. The van der Waals surface area contributed by atoms with E-state index in [1.165, 1.54) is 0 Å². The molecule has 1 saturated carbocycles. The fourth-order valence-corrected chi connectivity index (χ4v) is 0.819. The molecule has 0 atom stereocenters. The molecule has 1 aliphatic rings. The van der Waals surface area contributed by atoms with E-state index in [-0.39, 0.29) is 0 Å². The molecule has 0 unspecified atom stereocenters. The van der Waals surface area contributed by atoms with Gasteiger partial charge in [-0.25, -0.2) is 10.2 Å². The smallest absolute Gasteiger partial charge is 0.332 e. The Balaban J connectivity index is 2.39. The molecule has 0 aromatic rings. The third-order valence-electron chi connectivity index (χ3n) is 1.41. The summed E-state index contributed by atoms with van der Waals surface area (Å²) in [5.41, 5.74) is 7.73. The lowest BCUT2D eigenvalue weighted by Crippen LogP contribution is -2.26. The highest BCUT2D eigenvalue weighted by molar-refractivity contribution is 6.00. The third-order valence-corrected chi connectivity index (χ3v) is 1.41. The summed E-state index contributed by atoms with van der Waals surface area (Å²) in [7, 11) is 0. The standard InChI is InChI=1S/C8H10N3O/c1-6(10-11-8(9)12)7-4-2-3-5-7/h2-5H,1H3,(H3,9,11,12)/b10-6-. The summed E-state index contributed by atoms with van der Waals surface area (Å²) >= 11 is 0. The van der Waals surface area contributed by atoms with E-state index < -0.39 is 6.03 Å². The second kappa shape index (κ2) is 4.09. The van der Waals surface area contributed by atoms with Gasteiger partial charge in [-0.05, 0) is 32.6 Å². The number of urea groups is 1. The number of carbonyl (C=O) groups excluding carboxylic acids is 1. The first kappa shape index (κ1) is 9.03. The Morgan fingerprint density at radius 1 is 1.50 bits per heavy atom. The van der Waals surface area contributed by atoms with Gasteiger partial charge in [-0.15, -0.1) is 0 Å². The molecule has 0 bridgehead atoms. The fourth-order valence-electron chi connectivity index (χ4n) is 0.819. The van der Waals surface area contributed by atoms with Crippen LogP contribution < -0.4 is 11.2 Å². The molecular formula is C8H10N3O. The minimum absolute atomic E-state index is 0.652. The van der Waals surface area contributed by atoms with Gasteiger partial charge in [-0.3, -0.25) is 0 Å². The quantitative estimate of drug-likeness (QED) is 0.451. The van der Waals surface area contributed by atoms with Crippen LogP contribution in [-0.4, -0.2) is 11.7 Å².